The van der Waals surface area contributed by atoms with Gasteiger partial charge in [-0.15, -0.1) is 0 Å². The van der Waals surface area contributed by atoms with Crippen LogP contribution < -0.4 is 14.6 Å². The molecule has 0 radical (unpaired) electrons. The van der Waals surface area contributed by atoms with Crippen LogP contribution in [0.25, 0.3) is 10.8 Å². The summed E-state index contributed by atoms with van der Waals surface area (Å²) in [6, 6.07) is 29.9. The number of benzene rings is 4. The van der Waals surface area contributed by atoms with E-state index in [9.17, 15) is 14.7 Å². The summed E-state index contributed by atoms with van der Waals surface area (Å²) in [5.74, 6) is 0.836. The Hall–Kier alpha value is -4.38. The molecule has 5 rings (SSSR count). The summed E-state index contributed by atoms with van der Waals surface area (Å²) in [6.07, 6.45) is -0.897. The highest BCUT2D eigenvalue weighted by atomic mass is 28.3. The SMILES string of the molecule is C[Si](C)(C)CCOCOc1ccc(C(=O)OCCOc2ccc(C3CCN(C(=O)[O-])CC3OCc3ccc4ccccc4c3)cc2)cc1. The predicted molar refractivity (Wildman–Crippen MR) is 185 cm³/mol. The molecule has 4 aromatic carbocycles. The van der Waals surface area contributed by atoms with Crippen LogP contribution in [0.4, 0.5) is 4.79 Å². The largest absolute Gasteiger partial charge is 0.530 e. The molecular weight excluding hydrogens is 627 g/mol. The van der Waals surface area contributed by atoms with E-state index >= 15 is 0 Å². The van der Waals surface area contributed by atoms with Gasteiger partial charge in [0.15, 0.2) is 6.79 Å². The van der Waals surface area contributed by atoms with Crippen LogP contribution in [0, 0.1) is 0 Å². The summed E-state index contributed by atoms with van der Waals surface area (Å²) in [4.78, 5) is 25.4. The summed E-state index contributed by atoms with van der Waals surface area (Å²) in [7, 11) is -1.14. The van der Waals surface area contributed by atoms with Gasteiger partial charge in [0.05, 0.1) is 18.3 Å². The molecule has 2 atom stereocenters. The fourth-order valence-corrected chi connectivity index (χ4v) is 6.34. The third-order valence-electron chi connectivity index (χ3n) is 8.38. The van der Waals surface area contributed by atoms with Crippen LogP contribution in [0.1, 0.15) is 33.8 Å². The Bertz CT molecular complexity index is 1640. The topological polar surface area (TPSA) is 107 Å². The minimum Gasteiger partial charge on any atom is -0.530 e. The molecule has 1 heterocycles. The van der Waals surface area contributed by atoms with Crippen LogP contribution in [-0.2, 0) is 20.8 Å². The first-order chi connectivity index (χ1) is 23.1. The monoisotopic (exact) mass is 670 g/mol. The maximum Gasteiger partial charge on any atom is 0.338 e. The molecule has 0 saturated carbocycles. The number of carbonyl (C=O) groups is 2. The molecule has 1 amide bonds. The zero-order valence-corrected chi connectivity index (χ0v) is 28.9. The molecule has 10 heteroatoms. The van der Waals surface area contributed by atoms with Crippen molar-refractivity contribution < 1.29 is 38.4 Å². The molecule has 0 N–H and O–H groups in total. The van der Waals surface area contributed by atoms with Crippen molar-refractivity contribution in [2.75, 3.05) is 39.7 Å². The summed E-state index contributed by atoms with van der Waals surface area (Å²) >= 11 is 0. The van der Waals surface area contributed by atoms with Crippen molar-refractivity contribution >= 4 is 30.9 Å². The van der Waals surface area contributed by atoms with Crippen molar-refractivity contribution in [1.82, 2.24) is 4.90 Å². The van der Waals surface area contributed by atoms with E-state index in [-0.39, 0.29) is 38.6 Å². The van der Waals surface area contributed by atoms with Gasteiger partial charge in [-0.3, -0.25) is 0 Å². The van der Waals surface area contributed by atoms with Gasteiger partial charge in [-0.2, -0.15) is 0 Å². The fraction of sp³-hybridized carbons (Fsp3) is 0.368. The van der Waals surface area contributed by atoms with E-state index in [2.05, 4.69) is 43.9 Å². The molecule has 0 aromatic heterocycles. The summed E-state index contributed by atoms with van der Waals surface area (Å²) in [5, 5.41) is 13.9. The van der Waals surface area contributed by atoms with Crippen molar-refractivity contribution in [2.24, 2.45) is 0 Å². The van der Waals surface area contributed by atoms with Gasteiger partial charge < -0.3 is 38.5 Å². The third-order valence-corrected chi connectivity index (χ3v) is 10.1. The lowest BCUT2D eigenvalue weighted by Gasteiger charge is -2.40. The number of esters is 1. The van der Waals surface area contributed by atoms with Crippen LogP contribution in [0.2, 0.25) is 25.7 Å². The summed E-state index contributed by atoms with van der Waals surface area (Å²) < 4.78 is 28.7. The van der Waals surface area contributed by atoms with Gasteiger partial charge in [-0.05, 0) is 76.8 Å². The molecule has 48 heavy (non-hydrogen) atoms. The van der Waals surface area contributed by atoms with E-state index in [1.54, 1.807) is 24.3 Å². The molecule has 1 saturated heterocycles. The Labute approximate surface area is 283 Å². The Morgan fingerprint density at radius 2 is 1.54 bits per heavy atom. The van der Waals surface area contributed by atoms with Gasteiger partial charge in [0.1, 0.15) is 30.8 Å². The number of amides is 1. The average molecular weight is 671 g/mol. The Morgan fingerprint density at radius 1 is 0.833 bits per heavy atom. The number of ether oxygens (including phenoxy) is 5. The first kappa shape index (κ1) is 34.9. The molecule has 0 bridgehead atoms. The highest BCUT2D eigenvalue weighted by Gasteiger charge is 2.31. The second-order valence-electron chi connectivity index (χ2n) is 13.2. The lowest BCUT2D eigenvalue weighted by Crippen LogP contribution is -2.51. The summed E-state index contributed by atoms with van der Waals surface area (Å²) in [6.45, 7) is 9.05. The van der Waals surface area contributed by atoms with Crippen LogP contribution in [0.3, 0.4) is 0 Å². The maximum absolute atomic E-state index is 12.5. The van der Waals surface area contributed by atoms with Crippen LogP contribution >= 0.6 is 0 Å². The predicted octanol–water partition coefficient (Wildman–Crippen LogP) is 6.48. The van der Waals surface area contributed by atoms with Gasteiger partial charge in [0.25, 0.3) is 0 Å². The standard InChI is InChI=1S/C38H45NO8Si/c1-48(2,3)23-22-43-27-47-34-16-12-31(13-17-34)37(40)45-21-20-44-33-14-10-30(11-15-33)35-18-19-39(38(41)42)25-36(35)46-26-28-8-9-29-6-4-5-7-32(29)24-28/h4-17,24,35-36H,18-23,25-27H2,1-3H3,(H,41,42)/p-1. The van der Waals surface area contributed by atoms with E-state index in [0.717, 1.165) is 27.9 Å². The highest BCUT2D eigenvalue weighted by molar-refractivity contribution is 6.76. The minimum absolute atomic E-state index is 0.00958. The number of likely N-dealkylation sites (tertiary alicyclic amines) is 1. The quantitative estimate of drug-likeness (QED) is 0.0612. The molecule has 4 aromatic rings. The molecule has 254 valence electrons. The molecular formula is C38H44NO8Si-. The van der Waals surface area contributed by atoms with Crippen LogP contribution in [-0.4, -0.2) is 70.8 Å². The van der Waals surface area contributed by atoms with Gasteiger partial charge in [0, 0.05) is 33.7 Å². The van der Waals surface area contributed by atoms with Crippen molar-refractivity contribution in [3.05, 3.63) is 108 Å². The maximum atomic E-state index is 12.5. The van der Waals surface area contributed by atoms with E-state index in [4.69, 9.17) is 23.7 Å². The average Bonchev–Trinajstić information content (AvgIpc) is 3.09. The van der Waals surface area contributed by atoms with E-state index in [1.807, 2.05) is 42.5 Å². The molecule has 0 aliphatic carbocycles. The first-order valence-electron chi connectivity index (χ1n) is 16.4. The smallest absolute Gasteiger partial charge is 0.338 e. The number of piperidine rings is 1. The van der Waals surface area contributed by atoms with Crippen molar-refractivity contribution in [1.29, 1.82) is 0 Å². The minimum atomic E-state index is -1.18. The number of rotatable bonds is 15. The molecule has 1 fully saturated rings. The Kier molecular flexibility index (Phi) is 12.1. The van der Waals surface area contributed by atoms with Crippen LogP contribution in [0.15, 0.2) is 91.0 Å². The van der Waals surface area contributed by atoms with E-state index < -0.39 is 20.1 Å². The van der Waals surface area contributed by atoms with Gasteiger partial charge in [-0.1, -0.05) is 68.2 Å². The number of carboxylic acid groups (broad SMARTS) is 1. The lowest BCUT2D eigenvalue weighted by atomic mass is 9.87. The van der Waals surface area contributed by atoms with Crippen molar-refractivity contribution in [3.63, 3.8) is 0 Å². The lowest BCUT2D eigenvalue weighted by molar-refractivity contribution is -0.268. The number of carbonyl (C=O) groups excluding carboxylic acids is 2. The number of fused-ring (bicyclic) bond motifs is 1. The number of hydrogen-bond acceptors (Lipinski definition) is 8. The third kappa shape index (κ3) is 10.3. The molecule has 1 aliphatic rings. The van der Waals surface area contributed by atoms with Gasteiger partial charge in [0.2, 0.25) is 0 Å². The summed E-state index contributed by atoms with van der Waals surface area (Å²) in [5.41, 5.74) is 2.50. The van der Waals surface area contributed by atoms with Crippen molar-refractivity contribution in [3.8, 4) is 11.5 Å². The highest BCUT2D eigenvalue weighted by Crippen LogP contribution is 2.32. The van der Waals surface area contributed by atoms with E-state index in [0.29, 0.717) is 43.2 Å². The second-order valence-corrected chi connectivity index (χ2v) is 18.8. The molecule has 0 spiro atoms. The zero-order chi connectivity index (χ0) is 33.9. The van der Waals surface area contributed by atoms with Gasteiger partial charge >= 0.3 is 5.97 Å². The normalized spacial score (nSPS) is 16.4. The van der Waals surface area contributed by atoms with Crippen LogP contribution in [0.5, 0.6) is 11.5 Å². The molecule has 9 nitrogen and oxygen atoms in total. The zero-order valence-electron chi connectivity index (χ0n) is 27.9. The fourth-order valence-electron chi connectivity index (χ4n) is 5.59. The Morgan fingerprint density at radius 3 is 2.27 bits per heavy atom. The number of nitrogens with zero attached hydrogens (tertiary/aromatic N) is 1. The molecule has 1 aliphatic heterocycles. The first-order valence-corrected chi connectivity index (χ1v) is 20.1. The van der Waals surface area contributed by atoms with Gasteiger partial charge in [-0.25, -0.2) is 4.79 Å². The molecule has 2 unspecified atom stereocenters. The van der Waals surface area contributed by atoms with E-state index in [1.165, 1.54) is 4.90 Å². The Balaban J connectivity index is 1.07. The number of hydrogen-bond donors (Lipinski definition) is 0. The van der Waals surface area contributed by atoms with Crippen molar-refractivity contribution in [2.45, 2.75) is 50.7 Å². The second kappa shape index (κ2) is 16.6.